The summed E-state index contributed by atoms with van der Waals surface area (Å²) in [6.07, 6.45) is 16.8. The van der Waals surface area contributed by atoms with E-state index < -0.39 is 0 Å². The first-order chi connectivity index (χ1) is 16.7. The van der Waals surface area contributed by atoms with Gasteiger partial charge in [0.15, 0.2) is 5.65 Å². The van der Waals surface area contributed by atoms with Gasteiger partial charge in [0.1, 0.15) is 5.65 Å². The van der Waals surface area contributed by atoms with Crippen LogP contribution >= 0.6 is 0 Å². The Morgan fingerprint density at radius 2 is 1.91 bits per heavy atom. The Balaban J connectivity index is 1.45. The number of aromatic nitrogens is 5. The monoisotopic (exact) mass is 457 g/mol. The average molecular weight is 458 g/mol. The molecule has 176 valence electrons. The molecule has 1 saturated carbocycles. The highest BCUT2D eigenvalue weighted by atomic mass is 16.5. The lowest BCUT2D eigenvalue weighted by molar-refractivity contribution is 0.0542. The molecule has 2 aliphatic rings. The summed E-state index contributed by atoms with van der Waals surface area (Å²) in [5.74, 6) is 0.477. The molecule has 4 heterocycles. The molecule has 6 rings (SSSR count). The quantitative estimate of drug-likeness (QED) is 0.438. The van der Waals surface area contributed by atoms with E-state index in [1.54, 1.807) is 7.11 Å². The highest BCUT2D eigenvalue weighted by Gasteiger charge is 2.25. The Labute approximate surface area is 198 Å². The first-order valence-electron chi connectivity index (χ1n) is 12.5. The molecule has 2 aliphatic carbocycles. The highest BCUT2D eigenvalue weighted by Crippen LogP contribution is 2.31. The number of hydrogen-bond acceptors (Lipinski definition) is 4. The number of nitrogens with zero attached hydrogens (tertiary/aromatic N) is 4. The van der Waals surface area contributed by atoms with Crippen LogP contribution in [-0.2, 0) is 11.3 Å². The number of hydrogen-bond donors (Lipinski definition) is 1. The van der Waals surface area contributed by atoms with Crippen LogP contribution in [-0.4, -0.2) is 37.3 Å². The van der Waals surface area contributed by atoms with E-state index in [9.17, 15) is 4.79 Å². The van der Waals surface area contributed by atoms with Crippen LogP contribution < -0.4 is 5.69 Å². The van der Waals surface area contributed by atoms with Crippen LogP contribution in [0.4, 0.5) is 0 Å². The Kier molecular flexibility index (Phi) is 5.57. The first kappa shape index (κ1) is 21.4. The molecule has 0 radical (unpaired) electrons. The zero-order valence-electron chi connectivity index (χ0n) is 19.7. The lowest BCUT2D eigenvalue weighted by atomic mass is 9.87. The number of ether oxygens (including phenoxy) is 1. The van der Waals surface area contributed by atoms with Crippen molar-refractivity contribution in [3.8, 4) is 11.1 Å². The van der Waals surface area contributed by atoms with Gasteiger partial charge in [-0.3, -0.25) is 4.57 Å². The van der Waals surface area contributed by atoms with Gasteiger partial charge in [-0.1, -0.05) is 6.08 Å². The molecule has 34 heavy (non-hydrogen) atoms. The minimum atomic E-state index is 0.0425. The third-order valence-electron chi connectivity index (χ3n) is 7.63. The van der Waals surface area contributed by atoms with Gasteiger partial charge in [0.05, 0.1) is 11.6 Å². The SMILES string of the molecule is CO[C@H]1CC[C@@H](Cn2c(=O)n(C3=CCCCC3)c3ncc(-c4cnc5[nH]ccc5c4)cc32)CC1. The van der Waals surface area contributed by atoms with Gasteiger partial charge < -0.3 is 9.72 Å². The maximum Gasteiger partial charge on any atom is 0.334 e. The maximum absolute atomic E-state index is 13.8. The van der Waals surface area contributed by atoms with E-state index >= 15 is 0 Å². The van der Waals surface area contributed by atoms with Crippen molar-refractivity contribution in [2.75, 3.05) is 7.11 Å². The van der Waals surface area contributed by atoms with E-state index in [0.29, 0.717) is 12.0 Å². The van der Waals surface area contributed by atoms with Crippen molar-refractivity contribution in [3.63, 3.8) is 0 Å². The average Bonchev–Trinajstić information content (AvgIpc) is 3.46. The van der Waals surface area contributed by atoms with Gasteiger partial charge in [0.25, 0.3) is 0 Å². The second-order valence-electron chi connectivity index (χ2n) is 9.75. The van der Waals surface area contributed by atoms with Gasteiger partial charge in [0.2, 0.25) is 0 Å². The molecule has 7 heteroatoms. The third kappa shape index (κ3) is 3.78. The summed E-state index contributed by atoms with van der Waals surface area (Å²) in [6.45, 7) is 0.728. The summed E-state index contributed by atoms with van der Waals surface area (Å²) in [5, 5.41) is 1.06. The predicted molar refractivity (Wildman–Crippen MR) is 135 cm³/mol. The Morgan fingerprint density at radius 1 is 1.09 bits per heavy atom. The Hall–Kier alpha value is -3.19. The summed E-state index contributed by atoms with van der Waals surface area (Å²) in [7, 11) is 1.80. The fourth-order valence-corrected chi connectivity index (χ4v) is 5.65. The fourth-order valence-electron chi connectivity index (χ4n) is 5.65. The standard InChI is InChI=1S/C27H31N5O2/c1-34-23-9-7-18(8-10-23)17-31-24-14-21(20-13-19-11-12-28-25(19)29-15-20)16-30-26(24)32(27(31)33)22-5-3-2-4-6-22/h5,11-16,18,23H,2-4,6-10,17H2,1H3,(H,28,29)/t18-,23+. The third-order valence-corrected chi connectivity index (χ3v) is 7.63. The van der Waals surface area contributed by atoms with Crippen molar-refractivity contribution in [1.82, 2.24) is 24.1 Å². The van der Waals surface area contributed by atoms with E-state index in [1.165, 1.54) is 6.42 Å². The zero-order chi connectivity index (χ0) is 23.1. The molecule has 0 bridgehead atoms. The van der Waals surface area contributed by atoms with E-state index in [1.807, 2.05) is 33.8 Å². The van der Waals surface area contributed by atoms with Gasteiger partial charge in [0, 0.05) is 54.5 Å². The van der Waals surface area contributed by atoms with E-state index in [-0.39, 0.29) is 5.69 Å². The number of methoxy groups -OCH3 is 1. The number of rotatable bonds is 5. The highest BCUT2D eigenvalue weighted by molar-refractivity contribution is 5.85. The number of pyridine rings is 2. The van der Waals surface area contributed by atoms with Gasteiger partial charge in [-0.2, -0.15) is 0 Å². The molecule has 7 nitrogen and oxygen atoms in total. The number of H-pyrrole nitrogens is 1. The summed E-state index contributed by atoms with van der Waals surface area (Å²) >= 11 is 0. The second kappa shape index (κ2) is 8.87. The molecule has 0 saturated heterocycles. The molecule has 4 aromatic rings. The molecule has 4 aromatic heterocycles. The lowest BCUT2D eigenvalue weighted by Crippen LogP contribution is -2.29. The topological polar surface area (TPSA) is 77.7 Å². The van der Waals surface area contributed by atoms with Crippen LogP contribution in [0.3, 0.4) is 0 Å². The van der Waals surface area contributed by atoms with Gasteiger partial charge in [-0.05, 0) is 75.5 Å². The van der Waals surface area contributed by atoms with E-state index in [0.717, 1.165) is 90.5 Å². The van der Waals surface area contributed by atoms with E-state index in [4.69, 9.17) is 9.72 Å². The molecule has 0 unspecified atom stereocenters. The molecular weight excluding hydrogens is 426 g/mol. The number of nitrogens with one attached hydrogen (secondary N) is 1. The van der Waals surface area contributed by atoms with Crippen molar-refractivity contribution in [2.45, 2.75) is 64.0 Å². The fraction of sp³-hybridized carbons (Fsp3) is 0.444. The number of imidazole rings is 1. The van der Waals surface area contributed by atoms with E-state index in [2.05, 4.69) is 28.2 Å². The van der Waals surface area contributed by atoms with Crippen LogP contribution in [0.1, 0.15) is 51.4 Å². The minimum Gasteiger partial charge on any atom is -0.381 e. The van der Waals surface area contributed by atoms with Crippen LogP contribution in [0.25, 0.3) is 39.0 Å². The van der Waals surface area contributed by atoms with Crippen molar-refractivity contribution < 1.29 is 4.74 Å². The summed E-state index contributed by atoms with van der Waals surface area (Å²) < 4.78 is 9.40. The molecule has 0 spiro atoms. The first-order valence-corrected chi connectivity index (χ1v) is 12.5. The maximum atomic E-state index is 13.8. The van der Waals surface area contributed by atoms with Gasteiger partial charge in [-0.15, -0.1) is 0 Å². The molecule has 1 fully saturated rings. The Morgan fingerprint density at radius 3 is 2.71 bits per heavy atom. The van der Waals surface area contributed by atoms with Gasteiger partial charge in [-0.25, -0.2) is 19.3 Å². The number of allylic oxidation sites excluding steroid dienone is 2. The number of aromatic amines is 1. The molecule has 0 aliphatic heterocycles. The van der Waals surface area contributed by atoms with Crippen molar-refractivity contribution in [2.24, 2.45) is 5.92 Å². The molecular formula is C27H31N5O2. The zero-order valence-corrected chi connectivity index (χ0v) is 19.7. The normalized spacial score (nSPS) is 21.3. The van der Waals surface area contributed by atoms with Crippen LogP contribution in [0.5, 0.6) is 0 Å². The van der Waals surface area contributed by atoms with Crippen LogP contribution in [0.2, 0.25) is 0 Å². The van der Waals surface area contributed by atoms with Crippen LogP contribution in [0, 0.1) is 5.92 Å². The number of fused-ring (bicyclic) bond motifs is 2. The summed E-state index contributed by atoms with van der Waals surface area (Å²) in [4.78, 5) is 26.3. The predicted octanol–water partition coefficient (Wildman–Crippen LogP) is 5.36. The van der Waals surface area contributed by atoms with Crippen molar-refractivity contribution >= 4 is 27.9 Å². The second-order valence-corrected chi connectivity index (χ2v) is 9.75. The Bertz CT molecular complexity index is 1420. The molecule has 0 aromatic carbocycles. The lowest BCUT2D eigenvalue weighted by Gasteiger charge is -2.27. The largest absolute Gasteiger partial charge is 0.381 e. The summed E-state index contributed by atoms with van der Waals surface area (Å²) in [5.41, 5.74) is 5.68. The molecule has 0 atom stereocenters. The summed E-state index contributed by atoms with van der Waals surface area (Å²) in [6, 6.07) is 6.27. The van der Waals surface area contributed by atoms with Crippen molar-refractivity contribution in [3.05, 3.63) is 53.3 Å². The van der Waals surface area contributed by atoms with Crippen molar-refractivity contribution in [1.29, 1.82) is 0 Å². The molecule has 0 amide bonds. The smallest absolute Gasteiger partial charge is 0.334 e. The van der Waals surface area contributed by atoms with Gasteiger partial charge >= 0.3 is 5.69 Å². The molecule has 1 N–H and O–H groups in total. The van der Waals surface area contributed by atoms with Crippen LogP contribution in [0.15, 0.2) is 47.7 Å². The minimum absolute atomic E-state index is 0.0425.